The molecule has 1 atom stereocenters. The summed E-state index contributed by atoms with van der Waals surface area (Å²) < 4.78 is 21.3. The standard InChI is InChI=1S/C29H29NO7/c1-34-21-12-10-18(16-23(21)36-3)14-15-30-26(19-8-6-5-7-9-19)25(28(32)29(30)33)27(31)20-11-13-22(35-2)24(17-20)37-4/h5-13,16-17,26,31H,14-15H2,1-4H3/b27-25-. The van der Waals surface area contributed by atoms with Gasteiger partial charge in [-0.1, -0.05) is 36.4 Å². The smallest absolute Gasteiger partial charge is 0.295 e. The van der Waals surface area contributed by atoms with Gasteiger partial charge in [0.1, 0.15) is 5.76 Å². The highest BCUT2D eigenvalue weighted by Crippen LogP contribution is 2.41. The van der Waals surface area contributed by atoms with Crippen LogP contribution in [0, 0.1) is 0 Å². The second-order valence-corrected chi connectivity index (χ2v) is 8.41. The van der Waals surface area contributed by atoms with E-state index in [0.717, 1.165) is 11.1 Å². The highest BCUT2D eigenvalue weighted by Gasteiger charge is 2.45. The van der Waals surface area contributed by atoms with Gasteiger partial charge in [-0.2, -0.15) is 0 Å². The number of rotatable bonds is 9. The monoisotopic (exact) mass is 503 g/mol. The van der Waals surface area contributed by atoms with Crippen molar-refractivity contribution in [2.45, 2.75) is 12.5 Å². The van der Waals surface area contributed by atoms with Crippen molar-refractivity contribution >= 4 is 17.4 Å². The number of methoxy groups -OCH3 is 4. The predicted molar refractivity (Wildman–Crippen MR) is 138 cm³/mol. The van der Waals surface area contributed by atoms with Gasteiger partial charge in [0.15, 0.2) is 23.0 Å². The summed E-state index contributed by atoms with van der Waals surface area (Å²) in [5.41, 5.74) is 1.99. The van der Waals surface area contributed by atoms with Crippen molar-refractivity contribution in [3.63, 3.8) is 0 Å². The SMILES string of the molecule is COc1ccc(CCN2C(=O)C(=O)/C(=C(\O)c3ccc(OC)c(OC)c3)C2c2ccccc2)cc1OC. The summed E-state index contributed by atoms with van der Waals surface area (Å²) in [5.74, 6) is 0.368. The van der Waals surface area contributed by atoms with Crippen molar-refractivity contribution in [3.05, 3.63) is 89.0 Å². The zero-order valence-electron chi connectivity index (χ0n) is 21.2. The Balaban J connectivity index is 1.74. The van der Waals surface area contributed by atoms with Crippen LogP contribution < -0.4 is 18.9 Å². The Hall–Kier alpha value is -4.46. The average Bonchev–Trinajstić information content (AvgIpc) is 3.20. The zero-order valence-corrected chi connectivity index (χ0v) is 21.2. The van der Waals surface area contributed by atoms with E-state index in [-0.39, 0.29) is 17.9 Å². The topological polar surface area (TPSA) is 94.5 Å². The highest BCUT2D eigenvalue weighted by molar-refractivity contribution is 6.46. The quantitative estimate of drug-likeness (QED) is 0.263. The van der Waals surface area contributed by atoms with E-state index in [1.807, 2.05) is 42.5 Å². The molecule has 8 nitrogen and oxygen atoms in total. The number of hydrogen-bond donors (Lipinski definition) is 1. The number of nitrogens with zero attached hydrogens (tertiary/aromatic N) is 1. The van der Waals surface area contributed by atoms with Crippen LogP contribution in [0.25, 0.3) is 5.76 Å². The third-order valence-electron chi connectivity index (χ3n) is 6.40. The van der Waals surface area contributed by atoms with Crippen LogP contribution in [-0.4, -0.2) is 56.7 Å². The Morgan fingerprint density at radius 3 is 2.00 bits per heavy atom. The first kappa shape index (κ1) is 25.6. The molecule has 3 aromatic carbocycles. The van der Waals surface area contributed by atoms with Crippen molar-refractivity contribution in [2.75, 3.05) is 35.0 Å². The Bertz CT molecular complexity index is 1330. The van der Waals surface area contributed by atoms with Crippen molar-refractivity contribution in [1.29, 1.82) is 0 Å². The molecule has 0 aromatic heterocycles. The van der Waals surface area contributed by atoms with Gasteiger partial charge in [-0.25, -0.2) is 0 Å². The molecule has 1 unspecified atom stereocenters. The van der Waals surface area contributed by atoms with Crippen LogP contribution in [0.15, 0.2) is 72.3 Å². The van der Waals surface area contributed by atoms with Crippen LogP contribution in [0.3, 0.4) is 0 Å². The van der Waals surface area contributed by atoms with E-state index in [9.17, 15) is 14.7 Å². The predicted octanol–water partition coefficient (Wildman–Crippen LogP) is 4.39. The first-order valence-electron chi connectivity index (χ1n) is 11.7. The summed E-state index contributed by atoms with van der Waals surface area (Å²) >= 11 is 0. The van der Waals surface area contributed by atoms with E-state index >= 15 is 0 Å². The summed E-state index contributed by atoms with van der Waals surface area (Å²) in [4.78, 5) is 28.0. The number of ketones is 1. The maximum atomic E-state index is 13.3. The molecule has 0 spiro atoms. The molecule has 0 aliphatic carbocycles. The van der Waals surface area contributed by atoms with E-state index in [4.69, 9.17) is 18.9 Å². The molecule has 0 bridgehead atoms. The number of aliphatic hydroxyl groups excluding tert-OH is 1. The minimum Gasteiger partial charge on any atom is -0.507 e. The molecule has 1 aliphatic heterocycles. The van der Waals surface area contributed by atoms with E-state index in [1.165, 1.54) is 19.1 Å². The minimum absolute atomic E-state index is 0.0238. The molecule has 3 aromatic rings. The molecule has 1 saturated heterocycles. The van der Waals surface area contributed by atoms with Gasteiger partial charge < -0.3 is 29.0 Å². The summed E-state index contributed by atoms with van der Waals surface area (Å²) in [7, 11) is 6.12. The second kappa shape index (κ2) is 11.1. The Kier molecular flexibility index (Phi) is 7.67. The fourth-order valence-electron chi connectivity index (χ4n) is 4.52. The van der Waals surface area contributed by atoms with Gasteiger partial charge in [0.25, 0.3) is 11.7 Å². The van der Waals surface area contributed by atoms with Crippen molar-refractivity contribution in [2.24, 2.45) is 0 Å². The number of Topliss-reactive ketones (excluding diaryl/α,β-unsaturated/α-hetero) is 1. The Morgan fingerprint density at radius 1 is 0.784 bits per heavy atom. The molecule has 1 amide bonds. The fourth-order valence-corrected chi connectivity index (χ4v) is 4.52. The molecule has 1 N–H and O–H groups in total. The van der Waals surface area contributed by atoms with Gasteiger partial charge in [-0.3, -0.25) is 9.59 Å². The van der Waals surface area contributed by atoms with Gasteiger partial charge in [0.05, 0.1) is 40.1 Å². The lowest BCUT2D eigenvalue weighted by Crippen LogP contribution is -2.31. The molecule has 0 saturated carbocycles. The Morgan fingerprint density at radius 2 is 1.38 bits per heavy atom. The zero-order chi connectivity index (χ0) is 26.5. The number of amides is 1. The van der Waals surface area contributed by atoms with Crippen LogP contribution >= 0.6 is 0 Å². The summed E-state index contributed by atoms with van der Waals surface area (Å²) in [5, 5.41) is 11.3. The minimum atomic E-state index is -0.755. The summed E-state index contributed by atoms with van der Waals surface area (Å²) in [6.07, 6.45) is 0.465. The van der Waals surface area contributed by atoms with Crippen LogP contribution in [0.5, 0.6) is 23.0 Å². The molecule has 0 radical (unpaired) electrons. The first-order chi connectivity index (χ1) is 17.9. The number of carbonyl (C=O) groups excluding carboxylic acids is 2. The first-order valence-corrected chi connectivity index (χ1v) is 11.7. The van der Waals surface area contributed by atoms with E-state index in [0.29, 0.717) is 35.0 Å². The lowest BCUT2D eigenvalue weighted by molar-refractivity contribution is -0.139. The summed E-state index contributed by atoms with van der Waals surface area (Å²) in [6, 6.07) is 18.8. The lowest BCUT2D eigenvalue weighted by Gasteiger charge is -2.25. The molecule has 4 rings (SSSR count). The maximum Gasteiger partial charge on any atom is 0.295 e. The van der Waals surface area contributed by atoms with E-state index < -0.39 is 17.7 Å². The fraction of sp³-hybridized carbons (Fsp3) is 0.241. The van der Waals surface area contributed by atoms with E-state index in [1.54, 1.807) is 38.5 Å². The molecule has 1 aliphatic rings. The number of hydrogen-bond acceptors (Lipinski definition) is 7. The number of likely N-dealkylation sites (tertiary alicyclic amines) is 1. The largest absolute Gasteiger partial charge is 0.507 e. The van der Waals surface area contributed by atoms with Crippen LogP contribution in [-0.2, 0) is 16.0 Å². The molecule has 1 fully saturated rings. The van der Waals surface area contributed by atoms with Crippen LogP contribution in [0.4, 0.5) is 0 Å². The lowest BCUT2D eigenvalue weighted by atomic mass is 9.95. The number of aliphatic hydroxyl groups is 1. The highest BCUT2D eigenvalue weighted by atomic mass is 16.5. The van der Waals surface area contributed by atoms with Crippen LogP contribution in [0.1, 0.15) is 22.7 Å². The molecule has 192 valence electrons. The van der Waals surface area contributed by atoms with E-state index in [2.05, 4.69) is 0 Å². The maximum absolute atomic E-state index is 13.3. The number of ether oxygens (including phenoxy) is 4. The third-order valence-corrected chi connectivity index (χ3v) is 6.40. The molecular formula is C29H29NO7. The normalized spacial score (nSPS) is 16.5. The van der Waals surface area contributed by atoms with Gasteiger partial charge in [-0.15, -0.1) is 0 Å². The van der Waals surface area contributed by atoms with Crippen molar-refractivity contribution in [3.8, 4) is 23.0 Å². The van der Waals surface area contributed by atoms with Crippen molar-refractivity contribution in [1.82, 2.24) is 4.90 Å². The Labute approximate surface area is 215 Å². The van der Waals surface area contributed by atoms with Gasteiger partial charge in [-0.05, 0) is 47.9 Å². The molecule has 1 heterocycles. The number of carbonyl (C=O) groups is 2. The summed E-state index contributed by atoms with van der Waals surface area (Å²) in [6.45, 7) is 0.252. The van der Waals surface area contributed by atoms with Crippen molar-refractivity contribution < 1.29 is 33.6 Å². The average molecular weight is 504 g/mol. The third kappa shape index (κ3) is 4.95. The van der Waals surface area contributed by atoms with Gasteiger partial charge >= 0.3 is 0 Å². The molecular weight excluding hydrogens is 474 g/mol. The van der Waals surface area contributed by atoms with Crippen LogP contribution in [0.2, 0.25) is 0 Å². The number of benzene rings is 3. The molecule has 37 heavy (non-hydrogen) atoms. The van der Waals surface area contributed by atoms with Gasteiger partial charge in [0, 0.05) is 12.1 Å². The van der Waals surface area contributed by atoms with Gasteiger partial charge in [0.2, 0.25) is 0 Å². The second-order valence-electron chi connectivity index (χ2n) is 8.41. The molecule has 8 heteroatoms.